The molecule has 5 heteroatoms. The second kappa shape index (κ2) is 8.06. The van der Waals surface area contributed by atoms with Crippen molar-refractivity contribution in [3.63, 3.8) is 0 Å². The fraction of sp³-hybridized carbons (Fsp3) is 0.389. The highest BCUT2D eigenvalue weighted by Crippen LogP contribution is 2.21. The van der Waals surface area contributed by atoms with Crippen LogP contribution in [0.4, 0.5) is 5.69 Å². The average molecular weight is 313 g/mol. The number of aromatic nitrogens is 1. The largest absolute Gasteiger partial charge is 0.387 e. The van der Waals surface area contributed by atoms with Gasteiger partial charge in [0, 0.05) is 44.3 Å². The van der Waals surface area contributed by atoms with Crippen LogP contribution < -0.4 is 10.2 Å². The number of ether oxygens (including phenoxy) is 1. The zero-order valence-electron chi connectivity index (χ0n) is 13.2. The number of benzene rings is 1. The standard InChI is InChI=1S/C18H23N3O2/c22-18(15-5-7-19-8-6-15)14-20-13-16-3-1-2-4-17(16)21-9-11-23-12-10-21/h1-8,18,20,22H,9-14H2. The molecule has 0 saturated carbocycles. The van der Waals surface area contributed by atoms with Crippen molar-refractivity contribution in [3.8, 4) is 0 Å². The fourth-order valence-electron chi connectivity index (χ4n) is 2.82. The fourth-order valence-corrected chi connectivity index (χ4v) is 2.82. The third kappa shape index (κ3) is 4.28. The van der Waals surface area contributed by atoms with Crippen molar-refractivity contribution in [3.05, 3.63) is 59.9 Å². The summed E-state index contributed by atoms with van der Waals surface area (Å²) in [5.41, 5.74) is 3.38. The molecule has 0 spiro atoms. The normalized spacial score (nSPS) is 16.3. The van der Waals surface area contributed by atoms with Gasteiger partial charge in [0.2, 0.25) is 0 Å². The van der Waals surface area contributed by atoms with Crippen molar-refractivity contribution in [1.82, 2.24) is 10.3 Å². The van der Waals surface area contributed by atoms with Crippen LogP contribution in [-0.2, 0) is 11.3 Å². The number of aliphatic hydroxyl groups excluding tert-OH is 1. The van der Waals surface area contributed by atoms with Crippen LogP contribution in [0.1, 0.15) is 17.2 Å². The van der Waals surface area contributed by atoms with Gasteiger partial charge in [0.05, 0.1) is 19.3 Å². The highest BCUT2D eigenvalue weighted by atomic mass is 16.5. The molecule has 1 saturated heterocycles. The molecule has 3 rings (SSSR count). The highest BCUT2D eigenvalue weighted by molar-refractivity contribution is 5.53. The minimum absolute atomic E-state index is 0.515. The number of hydrogen-bond donors (Lipinski definition) is 2. The summed E-state index contributed by atoms with van der Waals surface area (Å²) in [6.45, 7) is 4.66. The Morgan fingerprint density at radius 2 is 1.87 bits per heavy atom. The van der Waals surface area contributed by atoms with Crippen LogP contribution in [-0.4, -0.2) is 42.9 Å². The minimum Gasteiger partial charge on any atom is -0.387 e. The Labute approximate surface area is 136 Å². The van der Waals surface area contributed by atoms with Gasteiger partial charge in [-0.15, -0.1) is 0 Å². The number of pyridine rings is 1. The van der Waals surface area contributed by atoms with Gasteiger partial charge in [-0.3, -0.25) is 4.98 Å². The quantitative estimate of drug-likeness (QED) is 0.851. The molecule has 0 radical (unpaired) electrons. The lowest BCUT2D eigenvalue weighted by Gasteiger charge is -2.30. The SMILES string of the molecule is OC(CNCc1ccccc1N1CCOCC1)c1ccncc1. The lowest BCUT2D eigenvalue weighted by atomic mass is 10.1. The summed E-state index contributed by atoms with van der Waals surface area (Å²) in [6.07, 6.45) is 2.88. The maximum Gasteiger partial charge on any atom is 0.0915 e. The summed E-state index contributed by atoms with van der Waals surface area (Å²) < 4.78 is 5.43. The van der Waals surface area contributed by atoms with Crippen LogP contribution >= 0.6 is 0 Å². The Morgan fingerprint density at radius 1 is 1.13 bits per heavy atom. The Bertz CT molecular complexity index is 600. The maximum absolute atomic E-state index is 10.2. The first-order valence-corrected chi connectivity index (χ1v) is 8.04. The molecule has 5 nitrogen and oxygen atoms in total. The van der Waals surface area contributed by atoms with E-state index in [1.165, 1.54) is 11.3 Å². The predicted octanol–water partition coefficient (Wildman–Crippen LogP) is 1.74. The zero-order chi connectivity index (χ0) is 15.9. The summed E-state index contributed by atoms with van der Waals surface area (Å²) in [6, 6.07) is 12.1. The van der Waals surface area contributed by atoms with E-state index in [0.717, 1.165) is 38.4 Å². The number of rotatable bonds is 6. The summed E-state index contributed by atoms with van der Waals surface area (Å²) in [5.74, 6) is 0. The van der Waals surface area contributed by atoms with Crippen LogP contribution in [0, 0.1) is 0 Å². The first-order valence-electron chi connectivity index (χ1n) is 8.04. The smallest absolute Gasteiger partial charge is 0.0915 e. The molecule has 1 atom stereocenters. The molecule has 1 fully saturated rings. The molecule has 1 aromatic carbocycles. The first-order chi connectivity index (χ1) is 11.3. The molecular formula is C18H23N3O2. The van der Waals surface area contributed by atoms with Gasteiger partial charge in [0.25, 0.3) is 0 Å². The van der Waals surface area contributed by atoms with Crippen molar-refractivity contribution < 1.29 is 9.84 Å². The lowest BCUT2D eigenvalue weighted by Crippen LogP contribution is -2.37. The number of nitrogens with zero attached hydrogens (tertiary/aromatic N) is 2. The van der Waals surface area contributed by atoms with Gasteiger partial charge >= 0.3 is 0 Å². The molecule has 23 heavy (non-hydrogen) atoms. The van der Waals surface area contributed by atoms with Gasteiger partial charge in [-0.05, 0) is 29.3 Å². The molecular weight excluding hydrogens is 290 g/mol. The molecule has 2 aromatic rings. The molecule has 0 aliphatic carbocycles. The summed E-state index contributed by atoms with van der Waals surface area (Å²) in [5, 5.41) is 13.6. The third-order valence-electron chi connectivity index (χ3n) is 4.09. The summed E-state index contributed by atoms with van der Waals surface area (Å²) >= 11 is 0. The number of hydrogen-bond acceptors (Lipinski definition) is 5. The maximum atomic E-state index is 10.2. The van der Waals surface area contributed by atoms with Crippen molar-refractivity contribution >= 4 is 5.69 Å². The minimum atomic E-state index is -0.520. The van der Waals surface area contributed by atoms with Gasteiger partial charge < -0.3 is 20.1 Å². The van der Waals surface area contributed by atoms with Gasteiger partial charge in [-0.2, -0.15) is 0 Å². The van der Waals surface area contributed by atoms with E-state index in [1.807, 2.05) is 12.1 Å². The molecule has 2 heterocycles. The van der Waals surface area contributed by atoms with E-state index in [1.54, 1.807) is 12.4 Å². The number of aliphatic hydroxyl groups is 1. The van der Waals surface area contributed by atoms with Gasteiger partial charge in [-0.25, -0.2) is 0 Å². The molecule has 0 amide bonds. The second-order valence-corrected chi connectivity index (χ2v) is 5.66. The molecule has 122 valence electrons. The van der Waals surface area contributed by atoms with Crippen molar-refractivity contribution in [2.45, 2.75) is 12.6 Å². The van der Waals surface area contributed by atoms with E-state index >= 15 is 0 Å². The van der Waals surface area contributed by atoms with Crippen molar-refractivity contribution in [1.29, 1.82) is 0 Å². The van der Waals surface area contributed by atoms with Gasteiger partial charge in [0.1, 0.15) is 0 Å². The molecule has 1 unspecified atom stereocenters. The molecule has 1 aliphatic heterocycles. The zero-order valence-corrected chi connectivity index (χ0v) is 13.2. The van der Waals surface area contributed by atoms with Crippen LogP contribution in [0.25, 0.3) is 0 Å². The second-order valence-electron chi connectivity index (χ2n) is 5.66. The first kappa shape index (κ1) is 15.9. The van der Waals surface area contributed by atoms with Crippen LogP contribution in [0.15, 0.2) is 48.8 Å². The van der Waals surface area contributed by atoms with E-state index in [4.69, 9.17) is 4.74 Å². The molecule has 1 aromatic heterocycles. The highest BCUT2D eigenvalue weighted by Gasteiger charge is 2.14. The Kier molecular flexibility index (Phi) is 5.58. The Balaban J connectivity index is 1.58. The average Bonchev–Trinajstić information content (AvgIpc) is 2.63. The van der Waals surface area contributed by atoms with Crippen LogP contribution in [0.2, 0.25) is 0 Å². The predicted molar refractivity (Wildman–Crippen MR) is 90.4 cm³/mol. The van der Waals surface area contributed by atoms with E-state index in [0.29, 0.717) is 6.54 Å². The van der Waals surface area contributed by atoms with E-state index in [9.17, 15) is 5.11 Å². The monoisotopic (exact) mass is 313 g/mol. The molecule has 0 bridgehead atoms. The number of para-hydroxylation sites is 1. The van der Waals surface area contributed by atoms with E-state index in [-0.39, 0.29) is 0 Å². The third-order valence-corrected chi connectivity index (χ3v) is 4.09. The topological polar surface area (TPSA) is 57.6 Å². The van der Waals surface area contributed by atoms with E-state index < -0.39 is 6.10 Å². The van der Waals surface area contributed by atoms with Gasteiger partial charge in [-0.1, -0.05) is 18.2 Å². The summed E-state index contributed by atoms with van der Waals surface area (Å²) in [4.78, 5) is 6.33. The number of morpholine rings is 1. The number of anilines is 1. The van der Waals surface area contributed by atoms with Crippen molar-refractivity contribution in [2.24, 2.45) is 0 Å². The number of nitrogens with one attached hydrogen (secondary N) is 1. The van der Waals surface area contributed by atoms with Crippen molar-refractivity contribution in [2.75, 3.05) is 37.7 Å². The van der Waals surface area contributed by atoms with E-state index in [2.05, 4.69) is 39.5 Å². The van der Waals surface area contributed by atoms with Gasteiger partial charge in [0.15, 0.2) is 0 Å². The Morgan fingerprint density at radius 3 is 2.65 bits per heavy atom. The molecule has 2 N–H and O–H groups in total. The lowest BCUT2D eigenvalue weighted by molar-refractivity contribution is 0.122. The van der Waals surface area contributed by atoms with Crippen LogP contribution in [0.5, 0.6) is 0 Å². The summed E-state index contributed by atoms with van der Waals surface area (Å²) in [7, 11) is 0. The molecule has 1 aliphatic rings. The van der Waals surface area contributed by atoms with Crippen LogP contribution in [0.3, 0.4) is 0 Å². The Hall–Kier alpha value is -1.95.